The van der Waals surface area contributed by atoms with Crippen LogP contribution >= 0.6 is 15.9 Å². The van der Waals surface area contributed by atoms with E-state index in [1.165, 1.54) is 0 Å². The molecule has 2 rings (SSSR count). The molecule has 17 heavy (non-hydrogen) atoms. The number of aliphatic hydroxyl groups excluding tert-OH is 1. The van der Waals surface area contributed by atoms with E-state index >= 15 is 0 Å². The Balaban J connectivity index is 2.25. The summed E-state index contributed by atoms with van der Waals surface area (Å²) in [6.45, 7) is 3.11. The van der Waals surface area contributed by atoms with E-state index in [9.17, 15) is 5.11 Å². The Morgan fingerprint density at radius 1 is 1.53 bits per heavy atom. The lowest BCUT2D eigenvalue weighted by atomic mass is 10.1. The number of aryl methyl sites for hydroxylation is 1. The maximum atomic E-state index is 9.67. The topological polar surface area (TPSA) is 64.7 Å². The summed E-state index contributed by atoms with van der Waals surface area (Å²) in [4.78, 5) is 0. The van der Waals surface area contributed by atoms with E-state index in [0.29, 0.717) is 19.8 Å². The van der Waals surface area contributed by atoms with Crippen LogP contribution in [0.4, 0.5) is 0 Å². The fourth-order valence-corrected chi connectivity index (χ4v) is 2.53. The fraction of sp³-hybridized carbons (Fsp3) is 0.500. The Hall–Kier alpha value is -0.620. The molecule has 0 saturated carbocycles. The van der Waals surface area contributed by atoms with E-state index < -0.39 is 6.10 Å². The molecule has 0 spiro atoms. The highest BCUT2D eigenvalue weighted by molar-refractivity contribution is 9.10. The Morgan fingerprint density at radius 3 is 2.88 bits per heavy atom. The molecule has 2 unspecified atom stereocenters. The molecule has 1 saturated heterocycles. The molecule has 1 aromatic carbocycles. The average molecular weight is 302 g/mol. The van der Waals surface area contributed by atoms with Crippen molar-refractivity contribution < 1.29 is 14.6 Å². The van der Waals surface area contributed by atoms with E-state index in [4.69, 9.17) is 15.2 Å². The number of ether oxygens (including phenoxy) is 2. The van der Waals surface area contributed by atoms with Crippen LogP contribution < -0.4 is 10.5 Å². The summed E-state index contributed by atoms with van der Waals surface area (Å²) >= 11 is 3.43. The Kier molecular flexibility index (Phi) is 4.04. The number of aliphatic hydroxyl groups is 1. The van der Waals surface area contributed by atoms with Gasteiger partial charge >= 0.3 is 0 Å². The zero-order valence-electron chi connectivity index (χ0n) is 9.65. The molecule has 0 radical (unpaired) electrons. The van der Waals surface area contributed by atoms with Crippen molar-refractivity contribution in [2.75, 3.05) is 13.2 Å². The minimum Gasteiger partial charge on any atom is -0.485 e. The molecule has 1 aliphatic heterocycles. The first-order chi connectivity index (χ1) is 8.11. The number of hydrogen-bond acceptors (Lipinski definition) is 4. The molecule has 1 heterocycles. The van der Waals surface area contributed by atoms with Crippen LogP contribution in [0.15, 0.2) is 16.6 Å². The van der Waals surface area contributed by atoms with Crippen LogP contribution in [0.2, 0.25) is 0 Å². The number of rotatable bonds is 3. The lowest BCUT2D eigenvalue weighted by molar-refractivity contribution is 0.0723. The predicted octanol–water partition coefficient (Wildman–Crippen LogP) is 1.35. The molecule has 1 aromatic rings. The van der Waals surface area contributed by atoms with Crippen LogP contribution in [0.1, 0.15) is 11.1 Å². The normalized spacial score (nSPS) is 24.0. The predicted molar refractivity (Wildman–Crippen MR) is 68.0 cm³/mol. The quantitative estimate of drug-likeness (QED) is 0.885. The zero-order valence-corrected chi connectivity index (χ0v) is 11.2. The van der Waals surface area contributed by atoms with Crippen molar-refractivity contribution in [1.82, 2.24) is 0 Å². The Labute approximate surface area is 109 Å². The van der Waals surface area contributed by atoms with Crippen molar-refractivity contribution >= 4 is 15.9 Å². The second-order valence-corrected chi connectivity index (χ2v) is 5.09. The summed E-state index contributed by atoms with van der Waals surface area (Å²) < 4.78 is 12.0. The Bertz CT molecular complexity index is 411. The lowest BCUT2D eigenvalue weighted by Gasteiger charge is -2.20. The highest BCUT2D eigenvalue weighted by Gasteiger charge is 2.29. The zero-order chi connectivity index (χ0) is 12.4. The molecule has 0 aromatic heterocycles. The first kappa shape index (κ1) is 12.8. The maximum Gasteiger partial charge on any atom is 0.150 e. The van der Waals surface area contributed by atoms with Crippen LogP contribution in [0.25, 0.3) is 0 Å². The van der Waals surface area contributed by atoms with Crippen molar-refractivity contribution in [3.8, 4) is 5.75 Å². The van der Waals surface area contributed by atoms with Gasteiger partial charge in [-0.3, -0.25) is 0 Å². The third-order valence-electron chi connectivity index (χ3n) is 2.81. The van der Waals surface area contributed by atoms with Crippen molar-refractivity contribution in [2.45, 2.75) is 25.7 Å². The van der Waals surface area contributed by atoms with Gasteiger partial charge in [-0.2, -0.15) is 0 Å². The number of halogens is 1. The molecule has 1 aliphatic rings. The first-order valence-corrected chi connectivity index (χ1v) is 6.32. The summed E-state index contributed by atoms with van der Waals surface area (Å²) in [6, 6.07) is 3.90. The van der Waals surface area contributed by atoms with Gasteiger partial charge < -0.3 is 20.3 Å². The number of hydrogen-bond donors (Lipinski definition) is 2. The second kappa shape index (κ2) is 5.35. The van der Waals surface area contributed by atoms with Crippen LogP contribution in [0.5, 0.6) is 5.75 Å². The van der Waals surface area contributed by atoms with E-state index in [0.717, 1.165) is 21.3 Å². The van der Waals surface area contributed by atoms with Gasteiger partial charge in [-0.1, -0.05) is 15.9 Å². The third kappa shape index (κ3) is 2.80. The molecule has 94 valence electrons. The SMILES string of the molecule is Cc1cc(Br)cc(CN)c1OC1COCC1O. The minimum atomic E-state index is -0.566. The van der Waals surface area contributed by atoms with Crippen LogP contribution in [-0.2, 0) is 11.3 Å². The van der Waals surface area contributed by atoms with Crippen LogP contribution in [0.3, 0.4) is 0 Å². The van der Waals surface area contributed by atoms with Gasteiger partial charge in [-0.05, 0) is 24.6 Å². The van der Waals surface area contributed by atoms with Crippen molar-refractivity contribution in [3.63, 3.8) is 0 Å². The minimum absolute atomic E-state index is 0.305. The third-order valence-corrected chi connectivity index (χ3v) is 3.26. The fourth-order valence-electron chi connectivity index (χ4n) is 1.91. The summed E-state index contributed by atoms with van der Waals surface area (Å²) in [7, 11) is 0. The molecule has 2 atom stereocenters. The van der Waals surface area contributed by atoms with Gasteiger partial charge in [0.2, 0.25) is 0 Å². The Morgan fingerprint density at radius 2 is 2.29 bits per heavy atom. The standard InChI is InChI=1S/C12H16BrNO3/c1-7-2-9(13)3-8(4-14)12(7)17-11-6-16-5-10(11)15/h2-3,10-11,15H,4-6,14H2,1H3. The maximum absolute atomic E-state index is 9.67. The smallest absolute Gasteiger partial charge is 0.150 e. The van der Waals surface area contributed by atoms with Gasteiger partial charge in [0.1, 0.15) is 18.0 Å². The summed E-state index contributed by atoms with van der Waals surface area (Å²) in [5, 5.41) is 9.67. The van der Waals surface area contributed by atoms with Crippen molar-refractivity contribution in [2.24, 2.45) is 5.73 Å². The van der Waals surface area contributed by atoms with E-state index in [1.807, 2.05) is 19.1 Å². The molecule has 4 nitrogen and oxygen atoms in total. The molecule has 0 aliphatic carbocycles. The van der Waals surface area contributed by atoms with Gasteiger partial charge in [0.05, 0.1) is 13.2 Å². The van der Waals surface area contributed by atoms with Gasteiger partial charge in [0, 0.05) is 16.6 Å². The van der Waals surface area contributed by atoms with Gasteiger partial charge in [0.15, 0.2) is 0 Å². The van der Waals surface area contributed by atoms with Gasteiger partial charge in [0.25, 0.3) is 0 Å². The molecule has 0 amide bonds. The monoisotopic (exact) mass is 301 g/mol. The van der Waals surface area contributed by atoms with Crippen molar-refractivity contribution in [3.05, 3.63) is 27.7 Å². The summed E-state index contributed by atoms with van der Waals surface area (Å²) in [5.41, 5.74) is 7.63. The highest BCUT2D eigenvalue weighted by Crippen LogP contribution is 2.29. The molecule has 3 N–H and O–H groups in total. The molecular weight excluding hydrogens is 286 g/mol. The van der Waals surface area contributed by atoms with E-state index in [1.54, 1.807) is 0 Å². The second-order valence-electron chi connectivity index (χ2n) is 4.18. The molecule has 5 heteroatoms. The molecule has 1 fully saturated rings. The van der Waals surface area contributed by atoms with Crippen molar-refractivity contribution in [1.29, 1.82) is 0 Å². The van der Waals surface area contributed by atoms with Crippen LogP contribution in [0, 0.1) is 6.92 Å². The number of nitrogens with two attached hydrogens (primary N) is 1. The summed E-state index contributed by atoms with van der Waals surface area (Å²) in [6.07, 6.45) is -0.871. The lowest BCUT2D eigenvalue weighted by Crippen LogP contribution is -2.30. The first-order valence-electron chi connectivity index (χ1n) is 5.53. The van der Waals surface area contributed by atoms with E-state index in [-0.39, 0.29) is 6.10 Å². The van der Waals surface area contributed by atoms with Gasteiger partial charge in [-0.25, -0.2) is 0 Å². The van der Waals surface area contributed by atoms with Crippen LogP contribution in [-0.4, -0.2) is 30.5 Å². The largest absolute Gasteiger partial charge is 0.485 e. The van der Waals surface area contributed by atoms with E-state index in [2.05, 4.69) is 15.9 Å². The molecule has 0 bridgehead atoms. The molecular formula is C12H16BrNO3. The highest BCUT2D eigenvalue weighted by atomic mass is 79.9. The number of benzene rings is 1. The van der Waals surface area contributed by atoms with Gasteiger partial charge in [-0.15, -0.1) is 0 Å². The summed E-state index contributed by atoms with van der Waals surface area (Å²) in [5.74, 6) is 0.755. The average Bonchev–Trinajstić information content (AvgIpc) is 2.68.